The first kappa shape index (κ1) is 27.8. The Labute approximate surface area is 215 Å². The molecule has 8 heteroatoms. The van der Waals surface area contributed by atoms with Crippen LogP contribution in [-0.2, 0) is 14.4 Å². The maximum Gasteiger partial charge on any atom is 0.247 e. The van der Waals surface area contributed by atoms with Gasteiger partial charge in [-0.1, -0.05) is 19.1 Å². The molecule has 0 aromatic rings. The molecule has 0 saturated carbocycles. The summed E-state index contributed by atoms with van der Waals surface area (Å²) in [5, 5.41) is 9.34. The van der Waals surface area contributed by atoms with Crippen LogP contribution in [0.4, 0.5) is 0 Å². The van der Waals surface area contributed by atoms with Crippen LogP contribution >= 0.6 is 11.8 Å². The largest absolute Gasteiger partial charge is 0.396 e. The highest BCUT2D eigenvalue weighted by atomic mass is 32.2. The van der Waals surface area contributed by atoms with Crippen molar-refractivity contribution in [3.63, 3.8) is 0 Å². The molecule has 35 heavy (non-hydrogen) atoms. The third-order valence-corrected chi connectivity index (χ3v) is 9.96. The molecule has 3 aliphatic rings. The lowest BCUT2D eigenvalue weighted by molar-refractivity contribution is -0.146. The average Bonchev–Trinajstić information content (AvgIpc) is 3.37. The predicted molar refractivity (Wildman–Crippen MR) is 141 cm³/mol. The Bertz CT molecular complexity index is 848. The number of carbonyl (C=O) groups excluding carboxylic acids is 3. The van der Waals surface area contributed by atoms with Crippen LogP contribution in [0.5, 0.6) is 0 Å². The van der Waals surface area contributed by atoms with Crippen LogP contribution in [0.3, 0.4) is 0 Å². The van der Waals surface area contributed by atoms with E-state index in [0.717, 1.165) is 19.3 Å². The number of hydrogen-bond acceptors (Lipinski definition) is 5. The van der Waals surface area contributed by atoms with Gasteiger partial charge in [0.2, 0.25) is 17.7 Å². The molecule has 0 aliphatic carbocycles. The minimum absolute atomic E-state index is 0.0110. The van der Waals surface area contributed by atoms with E-state index in [4.69, 9.17) is 0 Å². The van der Waals surface area contributed by atoms with Gasteiger partial charge < -0.3 is 19.8 Å². The molecule has 2 bridgehead atoms. The Hall–Kier alpha value is -1.80. The molecule has 3 aliphatic heterocycles. The van der Waals surface area contributed by atoms with E-state index in [-0.39, 0.29) is 35.1 Å². The zero-order chi connectivity index (χ0) is 26.0. The number of rotatable bonds is 13. The Kier molecular flexibility index (Phi) is 8.79. The second kappa shape index (κ2) is 11.1. The van der Waals surface area contributed by atoms with Gasteiger partial charge in [-0.2, -0.15) is 0 Å². The molecular weight excluding hydrogens is 462 g/mol. The number of hydrogen-bond donors (Lipinski definition) is 1. The zero-order valence-corrected chi connectivity index (χ0v) is 22.7. The lowest BCUT2D eigenvalue weighted by atomic mass is 9.66. The summed E-state index contributed by atoms with van der Waals surface area (Å²) in [7, 11) is 0. The normalized spacial score (nSPS) is 31.1. The first-order chi connectivity index (χ1) is 16.6. The monoisotopic (exact) mass is 505 g/mol. The van der Waals surface area contributed by atoms with Crippen molar-refractivity contribution >= 4 is 29.5 Å². The first-order valence-electron chi connectivity index (χ1n) is 13.1. The van der Waals surface area contributed by atoms with Gasteiger partial charge in [0.15, 0.2) is 0 Å². The molecule has 3 saturated heterocycles. The van der Waals surface area contributed by atoms with Gasteiger partial charge in [-0.3, -0.25) is 14.4 Å². The van der Waals surface area contributed by atoms with Crippen molar-refractivity contribution in [2.45, 2.75) is 81.4 Å². The summed E-state index contributed by atoms with van der Waals surface area (Å²) < 4.78 is -0.982. The smallest absolute Gasteiger partial charge is 0.247 e. The number of likely N-dealkylation sites (tertiary alicyclic amines) is 1. The number of carbonyl (C=O) groups is 3. The van der Waals surface area contributed by atoms with E-state index >= 15 is 0 Å². The van der Waals surface area contributed by atoms with Gasteiger partial charge in [-0.25, -0.2) is 0 Å². The summed E-state index contributed by atoms with van der Waals surface area (Å²) in [6.07, 6.45) is 7.05. The fourth-order valence-corrected chi connectivity index (χ4v) is 8.82. The van der Waals surface area contributed by atoms with Crippen molar-refractivity contribution in [3.8, 4) is 0 Å². The van der Waals surface area contributed by atoms with E-state index in [1.165, 1.54) is 0 Å². The minimum Gasteiger partial charge on any atom is -0.396 e. The van der Waals surface area contributed by atoms with E-state index in [0.29, 0.717) is 39.0 Å². The van der Waals surface area contributed by atoms with Gasteiger partial charge in [-0.05, 0) is 52.9 Å². The van der Waals surface area contributed by atoms with E-state index in [9.17, 15) is 19.5 Å². The van der Waals surface area contributed by atoms with E-state index in [1.807, 2.05) is 25.7 Å². The number of amides is 3. The quantitative estimate of drug-likeness (QED) is 0.307. The highest BCUT2D eigenvalue weighted by Crippen LogP contribution is 2.71. The van der Waals surface area contributed by atoms with Crippen LogP contribution in [0.25, 0.3) is 0 Å². The number of nitrogens with zero attached hydrogens (tertiary/aromatic N) is 3. The van der Waals surface area contributed by atoms with Gasteiger partial charge in [0.25, 0.3) is 0 Å². The van der Waals surface area contributed by atoms with Crippen molar-refractivity contribution in [1.82, 2.24) is 14.7 Å². The lowest BCUT2D eigenvalue weighted by Crippen LogP contribution is -2.56. The molecule has 0 radical (unpaired) electrons. The zero-order valence-electron chi connectivity index (χ0n) is 21.9. The highest BCUT2D eigenvalue weighted by Gasteiger charge is 2.77. The molecule has 196 valence electrons. The summed E-state index contributed by atoms with van der Waals surface area (Å²) in [6.45, 7) is 17.7. The maximum atomic E-state index is 14.1. The summed E-state index contributed by atoms with van der Waals surface area (Å²) in [6, 6.07) is -0.640. The molecule has 3 heterocycles. The molecule has 5 atom stereocenters. The van der Waals surface area contributed by atoms with Crippen molar-refractivity contribution < 1.29 is 19.5 Å². The van der Waals surface area contributed by atoms with Crippen LogP contribution in [0.2, 0.25) is 0 Å². The van der Waals surface area contributed by atoms with Crippen molar-refractivity contribution in [1.29, 1.82) is 0 Å². The van der Waals surface area contributed by atoms with Crippen LogP contribution in [0.15, 0.2) is 25.3 Å². The SMILES string of the molecule is C=CCN(CCC)C(=O)[C@H]1[C@H]2C(=O)N(CCCCO)C(C(=O)N(CC=C)C(C)C)C23CC[C@]1(C)S3. The van der Waals surface area contributed by atoms with Crippen LogP contribution in [0, 0.1) is 11.8 Å². The molecule has 3 fully saturated rings. The van der Waals surface area contributed by atoms with Gasteiger partial charge in [-0.15, -0.1) is 24.9 Å². The molecule has 0 aromatic heterocycles. The van der Waals surface area contributed by atoms with Crippen LogP contribution in [0.1, 0.15) is 59.8 Å². The van der Waals surface area contributed by atoms with Gasteiger partial charge in [0, 0.05) is 43.6 Å². The van der Waals surface area contributed by atoms with Crippen molar-refractivity contribution in [2.75, 3.05) is 32.8 Å². The van der Waals surface area contributed by atoms with Gasteiger partial charge >= 0.3 is 0 Å². The third-order valence-electron chi connectivity index (χ3n) is 7.97. The summed E-state index contributed by atoms with van der Waals surface area (Å²) in [4.78, 5) is 47.5. The molecule has 3 amide bonds. The molecule has 0 aromatic carbocycles. The highest BCUT2D eigenvalue weighted by molar-refractivity contribution is 8.02. The van der Waals surface area contributed by atoms with E-state index in [1.54, 1.807) is 33.7 Å². The summed E-state index contributed by atoms with van der Waals surface area (Å²) >= 11 is 1.71. The molecular formula is C27H43N3O4S. The first-order valence-corrected chi connectivity index (χ1v) is 13.9. The fourth-order valence-electron chi connectivity index (χ4n) is 6.48. The number of fused-ring (bicyclic) bond motifs is 1. The molecule has 1 N–H and O–H groups in total. The van der Waals surface area contributed by atoms with Crippen molar-refractivity contribution in [2.24, 2.45) is 11.8 Å². The van der Waals surface area contributed by atoms with E-state index in [2.05, 4.69) is 20.1 Å². The second-order valence-electron chi connectivity index (χ2n) is 10.6. The molecule has 7 nitrogen and oxygen atoms in total. The van der Waals surface area contributed by atoms with Crippen molar-refractivity contribution in [3.05, 3.63) is 25.3 Å². The minimum atomic E-state index is -0.608. The van der Waals surface area contributed by atoms with E-state index < -0.39 is 22.6 Å². The number of unbranched alkanes of at least 4 members (excludes halogenated alkanes) is 1. The number of aliphatic hydroxyl groups excluding tert-OH is 1. The second-order valence-corrected chi connectivity index (χ2v) is 12.5. The summed E-state index contributed by atoms with van der Waals surface area (Å²) in [5.74, 6) is -1.08. The van der Waals surface area contributed by atoms with Crippen LogP contribution < -0.4 is 0 Å². The Morgan fingerprint density at radius 1 is 1.20 bits per heavy atom. The van der Waals surface area contributed by atoms with Gasteiger partial charge in [0.05, 0.1) is 16.6 Å². The number of aliphatic hydroxyl groups is 1. The number of thioether (sulfide) groups is 1. The third kappa shape index (κ3) is 4.68. The van der Waals surface area contributed by atoms with Gasteiger partial charge in [0.1, 0.15) is 6.04 Å². The Balaban J connectivity index is 2.06. The lowest BCUT2D eigenvalue weighted by Gasteiger charge is -2.39. The Morgan fingerprint density at radius 3 is 2.46 bits per heavy atom. The molecule has 1 spiro atoms. The average molecular weight is 506 g/mol. The fraction of sp³-hybridized carbons (Fsp3) is 0.741. The predicted octanol–water partition coefficient (Wildman–Crippen LogP) is 3.09. The Morgan fingerprint density at radius 2 is 1.89 bits per heavy atom. The van der Waals surface area contributed by atoms with Crippen LogP contribution in [-0.4, -0.2) is 91.9 Å². The topological polar surface area (TPSA) is 81.2 Å². The summed E-state index contributed by atoms with van der Waals surface area (Å²) in [5.41, 5.74) is 0. The molecule has 3 rings (SSSR count). The molecule has 2 unspecified atom stereocenters. The maximum absolute atomic E-state index is 14.1. The standard InChI is InChI=1S/C27H43N3O4S/c1-7-14-28(15-8-2)23(32)20-21-24(33)30(17-10-11-18-31)22(25(34)29(16-9-3)19(4)5)27(21)13-12-26(20,6)35-27/h7,9,19-22,31H,1,3,8,10-18H2,2,4-6H3/t20-,21+,22?,26+,27?/m1/s1.